The van der Waals surface area contributed by atoms with Gasteiger partial charge in [0.1, 0.15) is 0 Å². The maximum atomic E-state index is 12.9. The highest BCUT2D eigenvalue weighted by molar-refractivity contribution is 5.80. The van der Waals surface area contributed by atoms with Crippen molar-refractivity contribution in [3.8, 4) is 0 Å². The molecule has 0 radical (unpaired) electrons. The smallest absolute Gasteiger partial charge is 0.303 e. The van der Waals surface area contributed by atoms with Crippen LogP contribution in [0.25, 0.3) is 11.2 Å². The van der Waals surface area contributed by atoms with Gasteiger partial charge in [0.25, 0.3) is 5.56 Å². The lowest BCUT2D eigenvalue weighted by Gasteiger charge is -2.09. The highest BCUT2D eigenvalue weighted by Gasteiger charge is 2.18. The largest absolute Gasteiger partial charge is 0.332 e. The van der Waals surface area contributed by atoms with Crippen molar-refractivity contribution < 1.29 is 0 Å². The first-order valence-corrected chi connectivity index (χ1v) is 9.45. The molecular formula is C21H21N7O2. The zero-order chi connectivity index (χ0) is 21.1. The Morgan fingerprint density at radius 2 is 1.87 bits per heavy atom. The van der Waals surface area contributed by atoms with Crippen LogP contribution in [0.5, 0.6) is 0 Å². The van der Waals surface area contributed by atoms with Crippen LogP contribution in [0.3, 0.4) is 0 Å². The molecule has 0 spiro atoms. The average Bonchev–Trinajstić information content (AvgIpc) is 3.15. The molecule has 152 valence electrons. The summed E-state index contributed by atoms with van der Waals surface area (Å²) >= 11 is 0. The first-order valence-electron chi connectivity index (χ1n) is 9.45. The molecule has 30 heavy (non-hydrogen) atoms. The highest BCUT2D eigenvalue weighted by Crippen LogP contribution is 2.17. The van der Waals surface area contributed by atoms with E-state index < -0.39 is 11.2 Å². The van der Waals surface area contributed by atoms with Crippen molar-refractivity contribution in [2.75, 3.05) is 5.43 Å². The molecule has 9 nitrogen and oxygen atoms in total. The van der Waals surface area contributed by atoms with Gasteiger partial charge in [0, 0.05) is 38.6 Å². The van der Waals surface area contributed by atoms with Crippen LogP contribution >= 0.6 is 0 Å². The molecule has 0 atom stereocenters. The molecule has 0 aliphatic rings. The number of imidazole rings is 1. The van der Waals surface area contributed by atoms with Crippen LogP contribution in [-0.4, -0.2) is 29.9 Å². The second kappa shape index (κ2) is 8.16. The maximum Gasteiger partial charge on any atom is 0.332 e. The third kappa shape index (κ3) is 3.64. The number of hydrogen-bond acceptors (Lipinski definition) is 6. The van der Waals surface area contributed by atoms with Crippen LogP contribution in [0.1, 0.15) is 11.1 Å². The van der Waals surface area contributed by atoms with Crippen LogP contribution < -0.4 is 16.7 Å². The summed E-state index contributed by atoms with van der Waals surface area (Å²) in [4.78, 5) is 33.7. The third-order valence-corrected chi connectivity index (χ3v) is 4.88. The number of nitrogens with zero attached hydrogens (tertiary/aromatic N) is 6. The molecule has 1 aromatic carbocycles. The number of anilines is 1. The number of rotatable bonds is 6. The predicted octanol–water partition coefficient (Wildman–Crippen LogP) is 1.52. The number of benzene rings is 1. The summed E-state index contributed by atoms with van der Waals surface area (Å²) < 4.78 is 4.22. The number of hydrazone groups is 1. The Hall–Kier alpha value is -4.01. The topological polar surface area (TPSA) is 99.1 Å². The third-order valence-electron chi connectivity index (χ3n) is 4.88. The van der Waals surface area contributed by atoms with Gasteiger partial charge >= 0.3 is 5.69 Å². The number of nitrogens with one attached hydrogen (secondary N) is 1. The lowest BCUT2D eigenvalue weighted by Crippen LogP contribution is -2.37. The van der Waals surface area contributed by atoms with Gasteiger partial charge in [-0.25, -0.2) is 10.2 Å². The Labute approximate surface area is 172 Å². The van der Waals surface area contributed by atoms with Gasteiger partial charge in [-0.3, -0.25) is 18.9 Å². The summed E-state index contributed by atoms with van der Waals surface area (Å²) in [5.41, 5.74) is 4.72. The van der Waals surface area contributed by atoms with E-state index in [0.717, 1.165) is 15.7 Å². The fourth-order valence-corrected chi connectivity index (χ4v) is 3.25. The zero-order valence-corrected chi connectivity index (χ0v) is 16.7. The van der Waals surface area contributed by atoms with Crippen molar-refractivity contribution in [2.24, 2.45) is 19.2 Å². The van der Waals surface area contributed by atoms with Gasteiger partial charge in [-0.05, 0) is 18.1 Å². The first kappa shape index (κ1) is 19.3. The lowest BCUT2D eigenvalue weighted by molar-refractivity contribution is 0.687. The molecule has 1 N–H and O–H groups in total. The Morgan fingerprint density at radius 1 is 1.07 bits per heavy atom. The predicted molar refractivity (Wildman–Crippen MR) is 116 cm³/mol. The van der Waals surface area contributed by atoms with Gasteiger partial charge in [-0.15, -0.1) is 0 Å². The summed E-state index contributed by atoms with van der Waals surface area (Å²) in [6.07, 6.45) is 5.68. The molecule has 3 aromatic heterocycles. The molecule has 0 unspecified atom stereocenters. The quantitative estimate of drug-likeness (QED) is 0.389. The van der Waals surface area contributed by atoms with E-state index in [1.165, 1.54) is 11.6 Å². The zero-order valence-electron chi connectivity index (χ0n) is 16.7. The number of fused-ring (bicyclic) bond motifs is 1. The van der Waals surface area contributed by atoms with Gasteiger partial charge in [0.2, 0.25) is 5.95 Å². The van der Waals surface area contributed by atoms with Gasteiger partial charge in [-0.1, -0.05) is 36.4 Å². The molecule has 0 aliphatic carbocycles. The van der Waals surface area contributed by atoms with E-state index in [1.807, 2.05) is 42.5 Å². The highest BCUT2D eigenvalue weighted by atomic mass is 16.2. The van der Waals surface area contributed by atoms with Crippen LogP contribution in [0.4, 0.5) is 5.95 Å². The molecule has 0 aliphatic heterocycles. The Kier molecular flexibility index (Phi) is 5.25. The number of aryl methyl sites for hydroxylation is 3. The standard InChI is InChI=1S/C21H21N7O2/c1-26-18-17(19(29)27(2)21(26)30)28(12-10-15-7-4-3-5-8-15)20(24-18)25-23-14-16-9-6-11-22-13-16/h3-9,11,13-14H,10,12H2,1-2H3,(H,24,25)/b23-14+. The molecule has 9 heteroatoms. The van der Waals surface area contributed by atoms with Crippen molar-refractivity contribution >= 4 is 23.3 Å². The van der Waals surface area contributed by atoms with Crippen LogP contribution in [0.2, 0.25) is 0 Å². The van der Waals surface area contributed by atoms with Crippen LogP contribution in [-0.2, 0) is 27.1 Å². The molecule has 0 saturated carbocycles. The van der Waals surface area contributed by atoms with Gasteiger partial charge in [0.05, 0.1) is 6.21 Å². The average molecular weight is 403 g/mol. The van der Waals surface area contributed by atoms with Crippen molar-refractivity contribution in [3.63, 3.8) is 0 Å². The van der Waals surface area contributed by atoms with E-state index in [1.54, 1.807) is 30.2 Å². The molecule has 0 bridgehead atoms. The second-order valence-corrected chi connectivity index (χ2v) is 6.86. The molecule has 3 heterocycles. The summed E-state index contributed by atoms with van der Waals surface area (Å²) in [5, 5.41) is 4.23. The van der Waals surface area contributed by atoms with Gasteiger partial charge < -0.3 is 4.57 Å². The number of hydrogen-bond donors (Lipinski definition) is 1. The molecule has 0 fully saturated rings. The molecule has 0 saturated heterocycles. The van der Waals surface area contributed by atoms with E-state index in [-0.39, 0.29) is 0 Å². The molecule has 0 amide bonds. The summed E-state index contributed by atoms with van der Waals surface area (Å²) in [7, 11) is 3.06. The van der Waals surface area contributed by atoms with E-state index >= 15 is 0 Å². The van der Waals surface area contributed by atoms with Crippen molar-refractivity contribution in [1.29, 1.82) is 0 Å². The normalized spacial score (nSPS) is 11.4. The Balaban J connectivity index is 1.76. The SMILES string of the molecule is Cn1c(=O)c2c(nc(N/N=C/c3cccnc3)n2CCc2ccccc2)n(C)c1=O. The maximum absolute atomic E-state index is 12.9. The fourth-order valence-electron chi connectivity index (χ4n) is 3.25. The number of pyridine rings is 1. The van der Waals surface area contributed by atoms with Gasteiger partial charge in [0.15, 0.2) is 11.2 Å². The van der Waals surface area contributed by atoms with E-state index in [0.29, 0.717) is 30.1 Å². The Bertz CT molecular complexity index is 1320. The van der Waals surface area contributed by atoms with E-state index in [4.69, 9.17) is 0 Å². The second-order valence-electron chi connectivity index (χ2n) is 6.86. The van der Waals surface area contributed by atoms with Gasteiger partial charge in [-0.2, -0.15) is 10.1 Å². The summed E-state index contributed by atoms with van der Waals surface area (Å²) in [5.74, 6) is 0.388. The van der Waals surface area contributed by atoms with Crippen LogP contribution in [0, 0.1) is 0 Å². The van der Waals surface area contributed by atoms with Crippen molar-refractivity contribution in [3.05, 3.63) is 86.8 Å². The lowest BCUT2D eigenvalue weighted by atomic mass is 10.1. The first-order chi connectivity index (χ1) is 14.6. The summed E-state index contributed by atoms with van der Waals surface area (Å²) in [6.45, 7) is 0.499. The minimum Gasteiger partial charge on any atom is -0.303 e. The molecular weight excluding hydrogens is 382 g/mol. The van der Waals surface area contributed by atoms with E-state index in [2.05, 4.69) is 20.5 Å². The molecule has 4 aromatic rings. The van der Waals surface area contributed by atoms with E-state index in [9.17, 15) is 9.59 Å². The van der Waals surface area contributed by atoms with Crippen molar-refractivity contribution in [1.82, 2.24) is 23.7 Å². The minimum absolute atomic E-state index is 0.315. The Morgan fingerprint density at radius 3 is 2.60 bits per heavy atom. The monoisotopic (exact) mass is 403 g/mol. The fraction of sp³-hybridized carbons (Fsp3) is 0.190. The number of aromatic nitrogens is 5. The van der Waals surface area contributed by atoms with Crippen LogP contribution in [0.15, 0.2) is 69.5 Å². The summed E-state index contributed by atoms with van der Waals surface area (Å²) in [6, 6.07) is 13.7. The molecule has 4 rings (SSSR count). The minimum atomic E-state index is -0.425. The van der Waals surface area contributed by atoms with Crippen molar-refractivity contribution in [2.45, 2.75) is 13.0 Å².